The van der Waals surface area contributed by atoms with Crippen LogP contribution in [0.2, 0.25) is 5.02 Å². The van der Waals surface area contributed by atoms with E-state index >= 15 is 0 Å². The zero-order chi connectivity index (χ0) is 19.1. The second kappa shape index (κ2) is 9.20. The van der Waals surface area contributed by atoms with Crippen molar-refractivity contribution in [2.24, 2.45) is 0 Å². The van der Waals surface area contributed by atoms with Crippen molar-refractivity contribution in [1.82, 2.24) is 9.88 Å². The number of carbonyl (C=O) groups is 2. The Bertz CT molecular complexity index is 795. The third-order valence-electron chi connectivity index (χ3n) is 3.85. The van der Waals surface area contributed by atoms with Crippen LogP contribution in [0.3, 0.4) is 0 Å². The van der Waals surface area contributed by atoms with Crippen LogP contribution >= 0.6 is 11.6 Å². The van der Waals surface area contributed by atoms with E-state index in [9.17, 15) is 9.59 Å². The van der Waals surface area contributed by atoms with Gasteiger partial charge in [-0.2, -0.15) is 0 Å². The van der Waals surface area contributed by atoms with Gasteiger partial charge in [0.05, 0.1) is 23.9 Å². The number of rotatable bonds is 7. The highest BCUT2D eigenvalue weighted by atomic mass is 35.5. The molecule has 0 fully saturated rings. The van der Waals surface area contributed by atoms with Crippen LogP contribution in [0.4, 0.5) is 5.69 Å². The number of hydrogen-bond donors (Lipinski definition) is 1. The first kappa shape index (κ1) is 19.7. The lowest BCUT2D eigenvalue weighted by atomic mass is 10.1. The van der Waals surface area contributed by atoms with Crippen molar-refractivity contribution in [3.8, 4) is 5.75 Å². The van der Waals surface area contributed by atoms with Crippen LogP contribution in [-0.4, -0.2) is 42.4 Å². The number of halogens is 1. The normalized spacial score (nSPS) is 10.3. The quantitative estimate of drug-likeness (QED) is 0.797. The van der Waals surface area contributed by atoms with Crippen LogP contribution in [0.5, 0.6) is 5.75 Å². The zero-order valence-corrected chi connectivity index (χ0v) is 15.8. The molecule has 1 heterocycles. The predicted molar refractivity (Wildman–Crippen MR) is 102 cm³/mol. The van der Waals surface area contributed by atoms with Crippen LogP contribution in [0.15, 0.2) is 36.7 Å². The number of amides is 2. The molecule has 0 unspecified atom stereocenters. The fraction of sp³-hybridized carbons (Fsp3) is 0.316. The standard InChI is InChI=1S/C19H22ClN3O3/c1-4-5-8-23(2)19(25)14-9-13(11-21-12-14)18(24)22-16-10-15(20)6-7-17(16)26-3/h6-7,9-12H,4-5,8H2,1-3H3,(H,22,24). The number of nitrogens with one attached hydrogen (secondary N) is 1. The SMILES string of the molecule is CCCCN(C)C(=O)c1cncc(C(=O)Nc2cc(Cl)ccc2OC)c1. The van der Waals surface area contributed by atoms with Crippen LogP contribution in [0.1, 0.15) is 40.5 Å². The number of aromatic nitrogens is 1. The molecule has 0 aliphatic heterocycles. The lowest BCUT2D eigenvalue weighted by molar-refractivity contribution is 0.0793. The molecule has 0 radical (unpaired) electrons. The molecule has 0 saturated heterocycles. The number of carbonyl (C=O) groups excluding carboxylic acids is 2. The predicted octanol–water partition coefficient (Wildman–Crippen LogP) is 3.87. The summed E-state index contributed by atoms with van der Waals surface area (Å²) in [5.74, 6) is -0.0768. The van der Waals surface area contributed by atoms with E-state index < -0.39 is 5.91 Å². The van der Waals surface area contributed by atoms with E-state index in [4.69, 9.17) is 16.3 Å². The van der Waals surface area contributed by atoms with Crippen LogP contribution in [-0.2, 0) is 0 Å². The molecule has 0 saturated carbocycles. The van der Waals surface area contributed by atoms with Crippen molar-refractivity contribution in [3.05, 3.63) is 52.8 Å². The van der Waals surface area contributed by atoms with Gasteiger partial charge in [0.25, 0.3) is 11.8 Å². The first-order valence-corrected chi connectivity index (χ1v) is 8.69. The zero-order valence-electron chi connectivity index (χ0n) is 15.1. The molecule has 1 aromatic heterocycles. The Morgan fingerprint density at radius 2 is 1.96 bits per heavy atom. The van der Waals surface area contributed by atoms with Gasteiger partial charge in [-0.25, -0.2) is 0 Å². The van der Waals surface area contributed by atoms with Gasteiger partial charge in [-0.15, -0.1) is 0 Å². The maximum absolute atomic E-state index is 12.5. The van der Waals surface area contributed by atoms with Crippen LogP contribution < -0.4 is 10.1 Å². The minimum absolute atomic E-state index is 0.166. The topological polar surface area (TPSA) is 71.5 Å². The van der Waals surface area contributed by atoms with E-state index in [1.54, 1.807) is 30.1 Å². The summed E-state index contributed by atoms with van der Waals surface area (Å²) in [6.07, 6.45) is 4.79. The average Bonchev–Trinajstić information content (AvgIpc) is 2.65. The van der Waals surface area contributed by atoms with E-state index in [2.05, 4.69) is 17.2 Å². The summed E-state index contributed by atoms with van der Waals surface area (Å²) in [6.45, 7) is 2.72. The Morgan fingerprint density at radius 3 is 2.65 bits per heavy atom. The van der Waals surface area contributed by atoms with Gasteiger partial charge in [-0.3, -0.25) is 14.6 Å². The van der Waals surface area contributed by atoms with E-state index in [-0.39, 0.29) is 11.5 Å². The monoisotopic (exact) mass is 375 g/mol. The van der Waals surface area contributed by atoms with Gasteiger partial charge in [-0.05, 0) is 30.7 Å². The van der Waals surface area contributed by atoms with E-state index in [1.165, 1.54) is 25.6 Å². The molecule has 0 atom stereocenters. The molecule has 0 aliphatic carbocycles. The maximum Gasteiger partial charge on any atom is 0.257 e. The highest BCUT2D eigenvalue weighted by Gasteiger charge is 2.16. The molecule has 138 valence electrons. The van der Waals surface area contributed by atoms with E-state index in [0.29, 0.717) is 28.6 Å². The van der Waals surface area contributed by atoms with Crippen LogP contribution in [0, 0.1) is 0 Å². The molecule has 1 aromatic carbocycles. The van der Waals surface area contributed by atoms with Gasteiger partial charge in [0.15, 0.2) is 0 Å². The van der Waals surface area contributed by atoms with Crippen molar-refractivity contribution >= 4 is 29.1 Å². The number of pyridine rings is 1. The summed E-state index contributed by atoms with van der Waals surface area (Å²) in [5.41, 5.74) is 1.10. The molecule has 1 N–H and O–H groups in total. The number of methoxy groups -OCH3 is 1. The minimum atomic E-state index is -0.399. The van der Waals surface area contributed by atoms with Crippen molar-refractivity contribution in [1.29, 1.82) is 0 Å². The first-order valence-electron chi connectivity index (χ1n) is 8.31. The molecule has 0 spiro atoms. The molecule has 7 heteroatoms. The summed E-state index contributed by atoms with van der Waals surface area (Å²) >= 11 is 5.98. The summed E-state index contributed by atoms with van der Waals surface area (Å²) < 4.78 is 5.22. The highest BCUT2D eigenvalue weighted by molar-refractivity contribution is 6.31. The third-order valence-corrected chi connectivity index (χ3v) is 4.09. The molecule has 0 bridgehead atoms. The van der Waals surface area contributed by atoms with Gasteiger partial charge in [0.1, 0.15) is 5.75 Å². The molecule has 2 rings (SSSR count). The summed E-state index contributed by atoms with van der Waals surface area (Å²) in [5, 5.41) is 3.21. The number of benzene rings is 1. The second-order valence-corrected chi connectivity index (χ2v) is 6.28. The van der Waals surface area contributed by atoms with Gasteiger partial charge < -0.3 is 15.0 Å². The van der Waals surface area contributed by atoms with Crippen molar-refractivity contribution in [3.63, 3.8) is 0 Å². The average molecular weight is 376 g/mol. The fourth-order valence-corrected chi connectivity index (χ4v) is 2.54. The lowest BCUT2D eigenvalue weighted by Gasteiger charge is -2.17. The van der Waals surface area contributed by atoms with Gasteiger partial charge in [-0.1, -0.05) is 24.9 Å². The largest absolute Gasteiger partial charge is 0.495 e. The fourth-order valence-electron chi connectivity index (χ4n) is 2.37. The molecule has 2 amide bonds. The second-order valence-electron chi connectivity index (χ2n) is 5.84. The lowest BCUT2D eigenvalue weighted by Crippen LogP contribution is -2.28. The van der Waals surface area contributed by atoms with Crippen molar-refractivity contribution < 1.29 is 14.3 Å². The minimum Gasteiger partial charge on any atom is -0.495 e. The molecule has 6 nitrogen and oxygen atoms in total. The van der Waals surface area contributed by atoms with E-state index in [0.717, 1.165) is 12.8 Å². The van der Waals surface area contributed by atoms with Crippen LogP contribution in [0.25, 0.3) is 0 Å². The number of nitrogens with zero attached hydrogens (tertiary/aromatic N) is 2. The number of anilines is 1. The molecular weight excluding hydrogens is 354 g/mol. The third kappa shape index (κ3) is 4.95. The van der Waals surface area contributed by atoms with E-state index in [1.807, 2.05) is 0 Å². The number of unbranched alkanes of at least 4 members (excludes halogenated alkanes) is 1. The number of hydrogen-bond acceptors (Lipinski definition) is 4. The first-order chi connectivity index (χ1) is 12.5. The molecule has 0 aliphatic rings. The Hall–Kier alpha value is -2.60. The molecule has 26 heavy (non-hydrogen) atoms. The van der Waals surface area contributed by atoms with Gasteiger partial charge in [0.2, 0.25) is 0 Å². The Balaban J connectivity index is 2.18. The Kier molecular flexibility index (Phi) is 6.97. The summed E-state index contributed by atoms with van der Waals surface area (Å²) in [7, 11) is 3.24. The summed E-state index contributed by atoms with van der Waals surface area (Å²) in [4.78, 5) is 30.6. The van der Waals surface area contributed by atoms with Crippen molar-refractivity contribution in [2.45, 2.75) is 19.8 Å². The summed E-state index contributed by atoms with van der Waals surface area (Å²) in [6, 6.07) is 6.46. The smallest absolute Gasteiger partial charge is 0.257 e. The van der Waals surface area contributed by atoms with Crippen molar-refractivity contribution in [2.75, 3.05) is 26.0 Å². The molecule has 2 aromatic rings. The maximum atomic E-state index is 12.5. The Labute approximate surface area is 158 Å². The number of ether oxygens (including phenoxy) is 1. The highest BCUT2D eigenvalue weighted by Crippen LogP contribution is 2.28. The van der Waals surface area contributed by atoms with Gasteiger partial charge in [0, 0.05) is 31.0 Å². The van der Waals surface area contributed by atoms with Gasteiger partial charge >= 0.3 is 0 Å². The Morgan fingerprint density at radius 1 is 1.23 bits per heavy atom. The molecular formula is C19H22ClN3O3.